The number of anilines is 1. The maximum absolute atomic E-state index is 12.4. The first-order valence-corrected chi connectivity index (χ1v) is 9.17. The Morgan fingerprint density at radius 3 is 2.85 bits per heavy atom. The molecule has 0 spiro atoms. The Bertz CT molecular complexity index is 737. The Labute approximate surface area is 155 Å². The first kappa shape index (κ1) is 18.8. The highest BCUT2D eigenvalue weighted by molar-refractivity contribution is 7.99. The molecular weight excluding hydrogens is 360 g/mol. The highest BCUT2D eigenvalue weighted by atomic mass is 32.2. The molecule has 1 aliphatic rings. The van der Waals surface area contributed by atoms with Gasteiger partial charge in [0.15, 0.2) is 0 Å². The molecule has 2 heterocycles. The predicted octanol–water partition coefficient (Wildman–Crippen LogP) is 2.32. The van der Waals surface area contributed by atoms with Gasteiger partial charge in [0.1, 0.15) is 5.82 Å². The fourth-order valence-electron chi connectivity index (χ4n) is 2.99. The van der Waals surface area contributed by atoms with E-state index in [9.17, 15) is 13.6 Å². The monoisotopic (exact) mass is 381 g/mol. The van der Waals surface area contributed by atoms with Gasteiger partial charge in [0.2, 0.25) is 5.91 Å². The summed E-state index contributed by atoms with van der Waals surface area (Å²) in [6.45, 7) is 2.53. The van der Waals surface area contributed by atoms with E-state index in [0.29, 0.717) is 22.3 Å². The minimum absolute atomic E-state index is 0.0271. The number of hydrogen-bond acceptors (Lipinski definition) is 5. The van der Waals surface area contributed by atoms with Crippen LogP contribution in [0.2, 0.25) is 0 Å². The highest BCUT2D eigenvalue weighted by Gasteiger charge is 2.28. The standard InChI is InChI=1S/C17H21F2N5OS/c1-23-8-7-21-16(23)14-10-20-6-9-24(14)11-15(25)22-12-2-4-13(5-3-12)26-17(18)19/h2-5,7-8,14,17,20H,6,9-11H2,1H3,(H,22,25). The number of halogens is 2. The van der Waals surface area contributed by atoms with Gasteiger partial charge in [-0.3, -0.25) is 9.69 Å². The smallest absolute Gasteiger partial charge is 0.288 e. The van der Waals surface area contributed by atoms with Gasteiger partial charge in [-0.2, -0.15) is 8.78 Å². The largest absolute Gasteiger partial charge is 0.337 e. The molecule has 0 saturated carbocycles. The maximum atomic E-state index is 12.4. The molecule has 1 aromatic heterocycles. The van der Waals surface area contributed by atoms with Crippen molar-refractivity contribution in [3.63, 3.8) is 0 Å². The molecule has 1 saturated heterocycles. The number of carbonyl (C=O) groups excluding carboxylic acids is 1. The number of hydrogen-bond donors (Lipinski definition) is 2. The molecule has 9 heteroatoms. The molecule has 6 nitrogen and oxygen atoms in total. The number of nitrogens with zero attached hydrogens (tertiary/aromatic N) is 3. The van der Waals surface area contributed by atoms with Gasteiger partial charge in [0.25, 0.3) is 5.76 Å². The van der Waals surface area contributed by atoms with Crippen molar-refractivity contribution in [1.82, 2.24) is 19.8 Å². The summed E-state index contributed by atoms with van der Waals surface area (Å²) >= 11 is 0.484. The van der Waals surface area contributed by atoms with Crippen molar-refractivity contribution < 1.29 is 13.6 Å². The van der Waals surface area contributed by atoms with Gasteiger partial charge in [0.05, 0.1) is 12.6 Å². The summed E-state index contributed by atoms with van der Waals surface area (Å²) in [6, 6.07) is 6.45. The number of nitrogens with one attached hydrogen (secondary N) is 2. The van der Waals surface area contributed by atoms with Crippen LogP contribution in [0.1, 0.15) is 11.9 Å². The van der Waals surface area contributed by atoms with E-state index in [1.807, 2.05) is 17.8 Å². The molecule has 3 rings (SSSR count). The van der Waals surface area contributed by atoms with E-state index in [2.05, 4.69) is 20.5 Å². The summed E-state index contributed by atoms with van der Waals surface area (Å²) in [5, 5.41) is 6.16. The number of carbonyl (C=O) groups is 1. The lowest BCUT2D eigenvalue weighted by molar-refractivity contribution is -0.118. The van der Waals surface area contributed by atoms with Crippen LogP contribution in [-0.4, -0.2) is 52.3 Å². The molecule has 140 valence electrons. The number of aryl methyl sites for hydroxylation is 1. The first-order valence-electron chi connectivity index (χ1n) is 8.29. The molecular formula is C17H21F2N5OS. The van der Waals surface area contributed by atoms with Crippen molar-refractivity contribution in [1.29, 1.82) is 0 Å². The number of thioether (sulfide) groups is 1. The summed E-state index contributed by atoms with van der Waals surface area (Å²) in [5.74, 6) is -1.68. The van der Waals surface area contributed by atoms with Gasteiger partial charge in [-0.25, -0.2) is 4.98 Å². The third-order valence-electron chi connectivity index (χ3n) is 4.22. The second-order valence-electron chi connectivity index (χ2n) is 6.04. The Morgan fingerprint density at radius 1 is 1.42 bits per heavy atom. The number of benzene rings is 1. The molecule has 0 radical (unpaired) electrons. The van der Waals surface area contributed by atoms with Crippen molar-refractivity contribution >= 4 is 23.4 Å². The van der Waals surface area contributed by atoms with Crippen molar-refractivity contribution in [2.75, 3.05) is 31.5 Å². The maximum Gasteiger partial charge on any atom is 0.288 e. The lowest BCUT2D eigenvalue weighted by Gasteiger charge is -2.35. The number of rotatable bonds is 6. The van der Waals surface area contributed by atoms with Gasteiger partial charge < -0.3 is 15.2 Å². The predicted molar refractivity (Wildman–Crippen MR) is 97.3 cm³/mol. The van der Waals surface area contributed by atoms with Crippen molar-refractivity contribution in [3.8, 4) is 0 Å². The molecule has 1 atom stereocenters. The van der Waals surface area contributed by atoms with Crippen LogP contribution in [0.3, 0.4) is 0 Å². The molecule has 1 fully saturated rings. The highest BCUT2D eigenvalue weighted by Crippen LogP contribution is 2.26. The Morgan fingerprint density at radius 2 is 2.19 bits per heavy atom. The van der Waals surface area contributed by atoms with Gasteiger partial charge in [-0.1, -0.05) is 11.8 Å². The van der Waals surface area contributed by atoms with Crippen LogP contribution in [0, 0.1) is 0 Å². The van der Waals surface area contributed by atoms with Crippen molar-refractivity contribution in [3.05, 3.63) is 42.5 Å². The second kappa shape index (κ2) is 8.61. The number of piperazine rings is 1. The molecule has 2 N–H and O–H groups in total. The number of imidazole rings is 1. The van der Waals surface area contributed by atoms with Crippen molar-refractivity contribution in [2.24, 2.45) is 7.05 Å². The molecule has 2 aromatic rings. The van der Waals surface area contributed by atoms with Crippen LogP contribution in [0.15, 0.2) is 41.6 Å². The van der Waals surface area contributed by atoms with Gasteiger partial charge in [-0.05, 0) is 24.3 Å². The molecule has 1 aromatic carbocycles. The quantitative estimate of drug-likeness (QED) is 0.752. The van der Waals surface area contributed by atoms with Crippen LogP contribution in [0.4, 0.5) is 14.5 Å². The molecule has 1 aliphatic heterocycles. The zero-order chi connectivity index (χ0) is 18.5. The SMILES string of the molecule is Cn1ccnc1C1CNCCN1CC(=O)Nc1ccc(SC(F)F)cc1. The summed E-state index contributed by atoms with van der Waals surface area (Å²) in [5.41, 5.74) is 0.595. The molecule has 0 aliphatic carbocycles. The van der Waals surface area contributed by atoms with E-state index < -0.39 is 5.76 Å². The van der Waals surface area contributed by atoms with Crippen LogP contribution in [0.5, 0.6) is 0 Å². The summed E-state index contributed by atoms with van der Waals surface area (Å²) in [4.78, 5) is 19.4. The van der Waals surface area contributed by atoms with E-state index in [1.165, 1.54) is 0 Å². The summed E-state index contributed by atoms with van der Waals surface area (Å²) < 4.78 is 26.7. The zero-order valence-corrected chi connectivity index (χ0v) is 15.2. The van der Waals surface area contributed by atoms with E-state index >= 15 is 0 Å². The van der Waals surface area contributed by atoms with Gasteiger partial charge >= 0.3 is 0 Å². The van der Waals surface area contributed by atoms with E-state index in [1.54, 1.807) is 30.5 Å². The molecule has 1 amide bonds. The van der Waals surface area contributed by atoms with Gasteiger partial charge in [0, 0.05) is 49.7 Å². The van der Waals surface area contributed by atoms with Crippen LogP contribution in [-0.2, 0) is 11.8 Å². The van der Waals surface area contributed by atoms with Gasteiger partial charge in [-0.15, -0.1) is 0 Å². The summed E-state index contributed by atoms with van der Waals surface area (Å²) in [7, 11) is 1.94. The lowest BCUT2D eigenvalue weighted by atomic mass is 10.1. The minimum atomic E-state index is -2.45. The van der Waals surface area contributed by atoms with Crippen LogP contribution >= 0.6 is 11.8 Å². The fraction of sp³-hybridized carbons (Fsp3) is 0.412. The van der Waals surface area contributed by atoms with E-state index in [0.717, 1.165) is 25.5 Å². The Balaban J connectivity index is 1.60. The lowest BCUT2D eigenvalue weighted by Crippen LogP contribution is -2.49. The Kier molecular flexibility index (Phi) is 6.23. The second-order valence-corrected chi connectivity index (χ2v) is 7.10. The van der Waals surface area contributed by atoms with Crippen LogP contribution in [0.25, 0.3) is 0 Å². The zero-order valence-electron chi connectivity index (χ0n) is 14.4. The third kappa shape index (κ3) is 4.80. The van der Waals surface area contributed by atoms with Crippen molar-refractivity contribution in [2.45, 2.75) is 16.7 Å². The van der Waals surface area contributed by atoms with E-state index in [4.69, 9.17) is 0 Å². The summed E-state index contributed by atoms with van der Waals surface area (Å²) in [6.07, 6.45) is 3.64. The average Bonchev–Trinajstić information content (AvgIpc) is 3.02. The topological polar surface area (TPSA) is 62.2 Å². The minimum Gasteiger partial charge on any atom is -0.337 e. The number of aromatic nitrogens is 2. The van der Waals surface area contributed by atoms with Crippen LogP contribution < -0.4 is 10.6 Å². The fourth-order valence-corrected chi connectivity index (χ4v) is 3.49. The molecule has 26 heavy (non-hydrogen) atoms. The number of amides is 1. The Hall–Kier alpha value is -1.97. The third-order valence-corrected chi connectivity index (χ3v) is 4.94. The van der Waals surface area contributed by atoms with E-state index in [-0.39, 0.29) is 18.5 Å². The molecule has 0 bridgehead atoms. The normalized spacial score (nSPS) is 18.2. The number of alkyl halides is 2. The average molecular weight is 381 g/mol. The molecule has 1 unspecified atom stereocenters. The first-order chi connectivity index (χ1) is 12.5.